The number of nitrogens with one attached hydrogen (secondary N) is 3. The number of nitriles is 1. The normalized spacial score (nSPS) is 10.3. The van der Waals surface area contributed by atoms with Crippen LogP contribution in [0.15, 0.2) is 60.7 Å². The third-order valence-electron chi connectivity index (χ3n) is 5.13. The summed E-state index contributed by atoms with van der Waals surface area (Å²) in [4.78, 5) is 29.3. The highest BCUT2D eigenvalue weighted by molar-refractivity contribution is 6.00. The number of nitrogens with zero attached hydrogens (tertiary/aromatic N) is 2. The van der Waals surface area contributed by atoms with Crippen LogP contribution in [-0.2, 0) is 11.2 Å². The fourth-order valence-corrected chi connectivity index (χ4v) is 3.37. The van der Waals surface area contributed by atoms with E-state index in [9.17, 15) is 19.2 Å². The number of carbonyl (C=O) groups is 2. The molecule has 2 amide bonds. The van der Waals surface area contributed by atoms with Gasteiger partial charge in [0.1, 0.15) is 11.6 Å². The zero-order valence-corrected chi connectivity index (χ0v) is 19.1. The molecule has 1 aromatic heterocycles. The fourth-order valence-electron chi connectivity index (χ4n) is 3.37. The number of hydrogen-bond donors (Lipinski definition) is 4. The third-order valence-corrected chi connectivity index (χ3v) is 5.13. The predicted octanol–water partition coefficient (Wildman–Crippen LogP) is 2.64. The lowest BCUT2D eigenvalue weighted by Gasteiger charge is -2.14. The smallest absolute Gasteiger partial charge is 0.255 e. The zero-order chi connectivity index (χ0) is 25.0. The van der Waals surface area contributed by atoms with Gasteiger partial charge < -0.3 is 21.1 Å². The summed E-state index contributed by atoms with van der Waals surface area (Å²) >= 11 is 0. The molecule has 180 valence electrons. The van der Waals surface area contributed by atoms with Gasteiger partial charge in [0.25, 0.3) is 5.91 Å². The Morgan fingerprint density at radius 1 is 1.03 bits per heavy atom. The van der Waals surface area contributed by atoms with Gasteiger partial charge in [0, 0.05) is 25.3 Å². The molecule has 0 aliphatic carbocycles. The average molecular weight is 476 g/mol. The van der Waals surface area contributed by atoms with E-state index < -0.39 is 5.91 Å². The highest BCUT2D eigenvalue weighted by Gasteiger charge is 2.16. The van der Waals surface area contributed by atoms with Crippen LogP contribution < -0.4 is 16.0 Å². The van der Waals surface area contributed by atoms with Crippen LogP contribution in [0.3, 0.4) is 0 Å². The Balaban J connectivity index is 1.79. The van der Waals surface area contributed by atoms with Crippen molar-refractivity contribution in [1.29, 1.82) is 5.26 Å². The molecule has 0 radical (unpaired) electrons. The molecule has 9 heteroatoms. The van der Waals surface area contributed by atoms with Crippen molar-refractivity contribution in [3.05, 3.63) is 83.2 Å². The first-order valence-corrected chi connectivity index (χ1v) is 11.2. The molecule has 0 atom stereocenters. The van der Waals surface area contributed by atoms with E-state index in [-0.39, 0.29) is 36.3 Å². The maximum atomic E-state index is 13.5. The molecular weight excluding hydrogens is 449 g/mol. The summed E-state index contributed by atoms with van der Waals surface area (Å²) in [5.74, 6) is -0.916. The van der Waals surface area contributed by atoms with E-state index in [0.717, 1.165) is 5.56 Å². The largest absolute Gasteiger partial charge is 0.396 e. The molecule has 35 heavy (non-hydrogen) atoms. The number of amides is 2. The van der Waals surface area contributed by atoms with Gasteiger partial charge in [0.05, 0.1) is 29.4 Å². The summed E-state index contributed by atoms with van der Waals surface area (Å²) in [5.41, 5.74) is 2.59. The molecule has 4 N–H and O–H groups in total. The Kier molecular flexibility index (Phi) is 9.28. The second-order valence-electron chi connectivity index (χ2n) is 7.67. The molecule has 8 nitrogen and oxygen atoms in total. The summed E-state index contributed by atoms with van der Waals surface area (Å²) in [6.07, 6.45) is 0.918. The van der Waals surface area contributed by atoms with Gasteiger partial charge in [-0.2, -0.15) is 5.26 Å². The van der Waals surface area contributed by atoms with Gasteiger partial charge in [0.15, 0.2) is 0 Å². The van der Waals surface area contributed by atoms with Crippen molar-refractivity contribution in [1.82, 2.24) is 15.6 Å². The van der Waals surface area contributed by atoms with Crippen LogP contribution in [-0.4, -0.2) is 48.1 Å². The highest BCUT2D eigenvalue weighted by Crippen LogP contribution is 2.25. The zero-order valence-electron chi connectivity index (χ0n) is 19.1. The fraction of sp³-hybridized carbons (Fsp3) is 0.231. The Bertz CT molecular complexity index is 1230. The van der Waals surface area contributed by atoms with Gasteiger partial charge in [-0.25, -0.2) is 9.37 Å². The predicted molar refractivity (Wildman–Crippen MR) is 130 cm³/mol. The minimum Gasteiger partial charge on any atom is -0.396 e. The molecule has 3 rings (SSSR count). The van der Waals surface area contributed by atoms with E-state index in [4.69, 9.17) is 5.11 Å². The number of aliphatic hydroxyl groups excluding tert-OH is 1. The van der Waals surface area contributed by atoms with Crippen LogP contribution in [0.5, 0.6) is 0 Å². The second-order valence-corrected chi connectivity index (χ2v) is 7.67. The van der Waals surface area contributed by atoms with Crippen molar-refractivity contribution in [2.45, 2.75) is 12.8 Å². The topological polar surface area (TPSA) is 127 Å². The Labute approximate surface area is 202 Å². The van der Waals surface area contributed by atoms with Gasteiger partial charge in [-0.15, -0.1) is 0 Å². The number of anilines is 1. The van der Waals surface area contributed by atoms with Gasteiger partial charge in [-0.1, -0.05) is 30.3 Å². The van der Waals surface area contributed by atoms with E-state index in [1.165, 1.54) is 12.1 Å². The van der Waals surface area contributed by atoms with Gasteiger partial charge in [-0.3, -0.25) is 9.59 Å². The summed E-state index contributed by atoms with van der Waals surface area (Å²) in [5, 5.41) is 26.5. The Hall–Kier alpha value is -4.29. The third kappa shape index (κ3) is 7.35. The first-order chi connectivity index (χ1) is 17.0. The van der Waals surface area contributed by atoms with Gasteiger partial charge in [-0.05, 0) is 48.7 Å². The molecule has 3 aromatic rings. The van der Waals surface area contributed by atoms with Crippen LogP contribution >= 0.6 is 0 Å². The van der Waals surface area contributed by atoms with E-state index in [2.05, 4.69) is 27.0 Å². The summed E-state index contributed by atoms with van der Waals surface area (Å²) in [6, 6.07) is 18.6. The number of carbonyl (C=O) groups excluding carboxylic acids is 2. The van der Waals surface area contributed by atoms with E-state index in [1.54, 1.807) is 48.5 Å². The molecule has 0 aliphatic rings. The van der Waals surface area contributed by atoms with Crippen LogP contribution in [0.25, 0.3) is 11.3 Å². The molecular formula is C26H26FN5O3. The Morgan fingerprint density at radius 2 is 1.86 bits per heavy atom. The van der Waals surface area contributed by atoms with Crippen molar-refractivity contribution in [2.75, 3.05) is 31.6 Å². The number of halogens is 1. The van der Waals surface area contributed by atoms with Crippen LogP contribution in [0, 0.1) is 17.1 Å². The van der Waals surface area contributed by atoms with Gasteiger partial charge >= 0.3 is 0 Å². The van der Waals surface area contributed by atoms with Crippen molar-refractivity contribution >= 4 is 17.6 Å². The number of aliphatic hydroxyl groups is 1. The molecule has 2 aromatic carbocycles. The number of hydrogen-bond acceptors (Lipinski definition) is 6. The van der Waals surface area contributed by atoms with Crippen molar-refractivity contribution < 1.29 is 19.1 Å². The Morgan fingerprint density at radius 3 is 2.63 bits per heavy atom. The van der Waals surface area contributed by atoms with Crippen LogP contribution in [0.4, 0.5) is 10.2 Å². The van der Waals surface area contributed by atoms with Crippen LogP contribution in [0.1, 0.15) is 27.9 Å². The van der Waals surface area contributed by atoms with Crippen molar-refractivity contribution in [2.24, 2.45) is 0 Å². The lowest BCUT2D eigenvalue weighted by Crippen LogP contribution is -2.37. The monoisotopic (exact) mass is 475 g/mol. The molecule has 0 saturated carbocycles. The second kappa shape index (κ2) is 12.8. The maximum Gasteiger partial charge on any atom is 0.255 e. The average Bonchev–Trinajstić information content (AvgIpc) is 2.87. The summed E-state index contributed by atoms with van der Waals surface area (Å²) in [7, 11) is 0. The van der Waals surface area contributed by atoms with E-state index in [0.29, 0.717) is 42.8 Å². The molecule has 0 fully saturated rings. The molecule has 0 bridgehead atoms. The van der Waals surface area contributed by atoms with Crippen molar-refractivity contribution in [3.8, 4) is 17.3 Å². The van der Waals surface area contributed by atoms with Crippen molar-refractivity contribution in [3.63, 3.8) is 0 Å². The van der Waals surface area contributed by atoms with Crippen LogP contribution in [0.2, 0.25) is 0 Å². The standard InChI is InChI=1S/C26H26FN5O3/c27-20-7-3-5-18(15-20)11-13-30-25-22(26(35)31-17-24(34)29-12-4-14-33)9-10-23(32-25)21-8-2-1-6-19(21)16-28/h1-3,5-10,15,33H,4,11-14,17H2,(H,29,34)(H,30,32)(H,31,35). The summed E-state index contributed by atoms with van der Waals surface area (Å²) in [6.45, 7) is 0.421. The quantitative estimate of drug-likeness (QED) is 0.316. The number of rotatable bonds is 11. The minimum atomic E-state index is -0.497. The summed E-state index contributed by atoms with van der Waals surface area (Å²) < 4.78 is 13.5. The molecule has 0 saturated heterocycles. The van der Waals surface area contributed by atoms with Gasteiger partial charge in [0.2, 0.25) is 5.91 Å². The maximum absolute atomic E-state index is 13.5. The SMILES string of the molecule is N#Cc1ccccc1-c1ccc(C(=O)NCC(=O)NCCCO)c(NCCc2cccc(F)c2)n1. The molecule has 1 heterocycles. The van der Waals surface area contributed by atoms with E-state index in [1.807, 2.05) is 0 Å². The minimum absolute atomic E-state index is 0.0375. The molecule has 0 unspecified atom stereocenters. The number of aromatic nitrogens is 1. The lowest BCUT2D eigenvalue weighted by atomic mass is 10.0. The first kappa shape index (κ1) is 25.3. The number of pyridine rings is 1. The molecule has 0 aliphatic heterocycles. The lowest BCUT2D eigenvalue weighted by molar-refractivity contribution is -0.120. The first-order valence-electron chi connectivity index (χ1n) is 11.2. The molecule has 0 spiro atoms. The highest BCUT2D eigenvalue weighted by atomic mass is 19.1. The van der Waals surface area contributed by atoms with E-state index >= 15 is 0 Å². The number of benzene rings is 2.